The predicted octanol–water partition coefficient (Wildman–Crippen LogP) is 4.54. The third-order valence-corrected chi connectivity index (χ3v) is 3.99. The summed E-state index contributed by atoms with van der Waals surface area (Å²) in [4.78, 5) is 0. The zero-order chi connectivity index (χ0) is 15.1. The molecule has 0 radical (unpaired) electrons. The SMILES string of the molecule is COc1cccc([C@@H](C)NCCC(C)c2ccccc2)c1. The van der Waals surface area contributed by atoms with Crippen LogP contribution in [0.3, 0.4) is 0 Å². The maximum atomic E-state index is 5.28. The summed E-state index contributed by atoms with van der Waals surface area (Å²) in [5.74, 6) is 1.50. The minimum absolute atomic E-state index is 0.336. The standard InChI is InChI=1S/C19H25NO/c1-15(17-8-5-4-6-9-17)12-13-20-16(2)18-10-7-11-19(14-18)21-3/h4-11,14-16,20H,12-13H2,1-3H3/t15?,16-/m1/s1. The molecule has 112 valence electrons. The van der Waals surface area contributed by atoms with Crippen molar-refractivity contribution in [3.8, 4) is 5.75 Å². The first-order valence-corrected chi connectivity index (χ1v) is 7.63. The maximum absolute atomic E-state index is 5.28. The fourth-order valence-corrected chi connectivity index (χ4v) is 2.49. The lowest BCUT2D eigenvalue weighted by molar-refractivity contribution is 0.413. The van der Waals surface area contributed by atoms with E-state index in [0.29, 0.717) is 12.0 Å². The van der Waals surface area contributed by atoms with E-state index in [1.165, 1.54) is 11.1 Å². The number of nitrogens with one attached hydrogen (secondary N) is 1. The van der Waals surface area contributed by atoms with Gasteiger partial charge in [-0.05, 0) is 49.1 Å². The Hall–Kier alpha value is -1.80. The largest absolute Gasteiger partial charge is 0.497 e. The molecular formula is C19H25NO. The lowest BCUT2D eigenvalue weighted by atomic mass is 9.97. The number of hydrogen-bond acceptors (Lipinski definition) is 2. The van der Waals surface area contributed by atoms with E-state index in [2.05, 4.69) is 61.6 Å². The van der Waals surface area contributed by atoms with Crippen LogP contribution in [0.2, 0.25) is 0 Å². The Morgan fingerprint density at radius 2 is 1.67 bits per heavy atom. The molecule has 0 heterocycles. The smallest absolute Gasteiger partial charge is 0.119 e. The van der Waals surface area contributed by atoms with Gasteiger partial charge in [0.15, 0.2) is 0 Å². The molecule has 0 saturated carbocycles. The summed E-state index contributed by atoms with van der Waals surface area (Å²) in [6.45, 7) is 5.49. The lowest BCUT2D eigenvalue weighted by Gasteiger charge is -2.17. The van der Waals surface area contributed by atoms with Gasteiger partial charge in [0, 0.05) is 6.04 Å². The molecule has 2 aromatic rings. The topological polar surface area (TPSA) is 21.3 Å². The van der Waals surface area contributed by atoms with Gasteiger partial charge in [0.1, 0.15) is 5.75 Å². The first kappa shape index (κ1) is 15.6. The highest BCUT2D eigenvalue weighted by atomic mass is 16.5. The second-order valence-electron chi connectivity index (χ2n) is 5.55. The fourth-order valence-electron chi connectivity index (χ4n) is 2.49. The number of ether oxygens (including phenoxy) is 1. The average Bonchev–Trinajstić information content (AvgIpc) is 2.55. The normalized spacial score (nSPS) is 13.7. The molecule has 1 N–H and O–H groups in total. The predicted molar refractivity (Wildman–Crippen MR) is 88.9 cm³/mol. The number of benzene rings is 2. The Bertz CT molecular complexity index is 538. The van der Waals surface area contributed by atoms with Crippen LogP contribution in [-0.4, -0.2) is 13.7 Å². The Labute approximate surface area is 128 Å². The van der Waals surface area contributed by atoms with E-state index in [9.17, 15) is 0 Å². The summed E-state index contributed by atoms with van der Waals surface area (Å²) in [6, 6.07) is 19.3. The molecule has 0 aliphatic rings. The van der Waals surface area contributed by atoms with Crippen LogP contribution in [0.5, 0.6) is 5.75 Å². The average molecular weight is 283 g/mol. The van der Waals surface area contributed by atoms with Crippen molar-refractivity contribution in [2.24, 2.45) is 0 Å². The summed E-state index contributed by atoms with van der Waals surface area (Å²) < 4.78 is 5.28. The van der Waals surface area contributed by atoms with Crippen molar-refractivity contribution in [2.45, 2.75) is 32.2 Å². The highest BCUT2D eigenvalue weighted by molar-refractivity contribution is 5.30. The van der Waals surface area contributed by atoms with Crippen LogP contribution >= 0.6 is 0 Å². The van der Waals surface area contributed by atoms with Gasteiger partial charge in [0.25, 0.3) is 0 Å². The summed E-state index contributed by atoms with van der Waals surface area (Å²) in [5, 5.41) is 3.60. The molecule has 0 saturated heterocycles. The summed E-state index contributed by atoms with van der Waals surface area (Å²) in [6.07, 6.45) is 1.14. The van der Waals surface area contributed by atoms with Gasteiger partial charge < -0.3 is 10.1 Å². The summed E-state index contributed by atoms with van der Waals surface area (Å²) in [7, 11) is 1.71. The van der Waals surface area contributed by atoms with Gasteiger partial charge >= 0.3 is 0 Å². The minimum Gasteiger partial charge on any atom is -0.497 e. The second-order valence-corrected chi connectivity index (χ2v) is 5.55. The molecule has 0 aromatic heterocycles. The Balaban J connectivity index is 1.82. The molecule has 0 aliphatic heterocycles. The van der Waals surface area contributed by atoms with Gasteiger partial charge in [-0.15, -0.1) is 0 Å². The van der Waals surface area contributed by atoms with E-state index >= 15 is 0 Å². The molecule has 0 spiro atoms. The molecular weight excluding hydrogens is 258 g/mol. The van der Waals surface area contributed by atoms with Crippen molar-refractivity contribution in [3.05, 3.63) is 65.7 Å². The van der Waals surface area contributed by atoms with E-state index < -0.39 is 0 Å². The van der Waals surface area contributed by atoms with Gasteiger partial charge in [-0.3, -0.25) is 0 Å². The maximum Gasteiger partial charge on any atom is 0.119 e. The number of hydrogen-bond donors (Lipinski definition) is 1. The van der Waals surface area contributed by atoms with Crippen LogP contribution in [0.1, 0.15) is 43.4 Å². The highest BCUT2D eigenvalue weighted by Crippen LogP contribution is 2.20. The van der Waals surface area contributed by atoms with E-state index in [1.54, 1.807) is 7.11 Å². The molecule has 0 amide bonds. The molecule has 2 rings (SSSR count). The van der Waals surface area contributed by atoms with Crippen LogP contribution in [-0.2, 0) is 0 Å². The lowest BCUT2D eigenvalue weighted by Crippen LogP contribution is -2.21. The van der Waals surface area contributed by atoms with Gasteiger partial charge in [-0.2, -0.15) is 0 Å². The van der Waals surface area contributed by atoms with E-state index in [-0.39, 0.29) is 0 Å². The number of rotatable bonds is 7. The van der Waals surface area contributed by atoms with Crippen LogP contribution in [0.25, 0.3) is 0 Å². The zero-order valence-electron chi connectivity index (χ0n) is 13.2. The molecule has 0 fully saturated rings. The number of methoxy groups -OCH3 is 1. The molecule has 1 unspecified atom stereocenters. The van der Waals surface area contributed by atoms with E-state index in [0.717, 1.165) is 18.7 Å². The first-order valence-electron chi connectivity index (χ1n) is 7.63. The first-order chi connectivity index (χ1) is 10.2. The van der Waals surface area contributed by atoms with Crippen molar-refractivity contribution in [2.75, 3.05) is 13.7 Å². The molecule has 2 heteroatoms. The van der Waals surface area contributed by atoms with Crippen molar-refractivity contribution in [1.29, 1.82) is 0 Å². The van der Waals surface area contributed by atoms with Gasteiger partial charge in [0.05, 0.1) is 7.11 Å². The minimum atomic E-state index is 0.336. The Morgan fingerprint density at radius 1 is 0.952 bits per heavy atom. The van der Waals surface area contributed by atoms with Crippen molar-refractivity contribution in [1.82, 2.24) is 5.32 Å². The molecule has 2 nitrogen and oxygen atoms in total. The third kappa shape index (κ3) is 4.61. The zero-order valence-corrected chi connectivity index (χ0v) is 13.2. The third-order valence-electron chi connectivity index (χ3n) is 3.99. The highest BCUT2D eigenvalue weighted by Gasteiger charge is 2.08. The Morgan fingerprint density at radius 3 is 2.38 bits per heavy atom. The monoisotopic (exact) mass is 283 g/mol. The van der Waals surface area contributed by atoms with Crippen molar-refractivity contribution in [3.63, 3.8) is 0 Å². The van der Waals surface area contributed by atoms with Crippen molar-refractivity contribution < 1.29 is 4.74 Å². The Kier molecular flexibility index (Phi) is 5.82. The summed E-state index contributed by atoms with van der Waals surface area (Å²) in [5.41, 5.74) is 2.68. The van der Waals surface area contributed by atoms with Crippen molar-refractivity contribution >= 4 is 0 Å². The van der Waals surface area contributed by atoms with Crippen LogP contribution in [0, 0.1) is 0 Å². The quantitative estimate of drug-likeness (QED) is 0.805. The van der Waals surface area contributed by atoms with Crippen LogP contribution in [0.4, 0.5) is 0 Å². The summed E-state index contributed by atoms with van der Waals surface area (Å²) >= 11 is 0. The fraction of sp³-hybridized carbons (Fsp3) is 0.368. The second kappa shape index (κ2) is 7.84. The molecule has 21 heavy (non-hydrogen) atoms. The molecule has 2 atom stereocenters. The van der Waals surface area contributed by atoms with Gasteiger partial charge in [0.2, 0.25) is 0 Å². The molecule has 0 aliphatic carbocycles. The van der Waals surface area contributed by atoms with E-state index in [4.69, 9.17) is 4.74 Å². The van der Waals surface area contributed by atoms with Gasteiger partial charge in [-0.25, -0.2) is 0 Å². The van der Waals surface area contributed by atoms with Crippen LogP contribution < -0.4 is 10.1 Å². The van der Waals surface area contributed by atoms with E-state index in [1.807, 2.05) is 12.1 Å². The molecule has 2 aromatic carbocycles. The molecule has 0 bridgehead atoms. The van der Waals surface area contributed by atoms with Gasteiger partial charge in [-0.1, -0.05) is 49.4 Å². The van der Waals surface area contributed by atoms with Crippen LogP contribution in [0.15, 0.2) is 54.6 Å².